The van der Waals surface area contributed by atoms with Crippen LogP contribution in [0.2, 0.25) is 0 Å². The summed E-state index contributed by atoms with van der Waals surface area (Å²) in [6.07, 6.45) is -5.07. The van der Waals surface area contributed by atoms with Crippen molar-refractivity contribution in [3.8, 4) is 5.75 Å². The molecule has 0 radical (unpaired) electrons. The van der Waals surface area contributed by atoms with E-state index >= 15 is 0 Å². The van der Waals surface area contributed by atoms with E-state index in [1.807, 2.05) is 0 Å². The van der Waals surface area contributed by atoms with Gasteiger partial charge < -0.3 is 9.47 Å². The molecule has 0 saturated carbocycles. The van der Waals surface area contributed by atoms with Gasteiger partial charge in [-0.25, -0.2) is 26.4 Å². The summed E-state index contributed by atoms with van der Waals surface area (Å²) in [6.45, 7) is 2.35. The number of anilines is 2. The molecule has 0 bridgehead atoms. The van der Waals surface area contributed by atoms with Crippen molar-refractivity contribution < 1.29 is 44.3 Å². The Bertz CT molecular complexity index is 1410. The zero-order valence-corrected chi connectivity index (χ0v) is 22.1. The van der Waals surface area contributed by atoms with Gasteiger partial charge in [-0.3, -0.25) is 14.3 Å². The highest BCUT2D eigenvalue weighted by Gasteiger charge is 2.51. The van der Waals surface area contributed by atoms with Gasteiger partial charge in [0.2, 0.25) is 15.6 Å². The molecule has 12 nitrogen and oxygen atoms in total. The SMILES string of the molecule is Cc1c(S(=O)(=O)N2CC(CNS(C)(=O)=O)Oc3ccc(NC(=O)OC(C)(C)C(F)(F)F)cc32)cnn1C. The molecule has 0 fully saturated rings. The van der Waals surface area contributed by atoms with Crippen LogP contribution in [0.4, 0.5) is 29.3 Å². The lowest BCUT2D eigenvalue weighted by Crippen LogP contribution is -2.48. The Morgan fingerprint density at radius 1 is 1.24 bits per heavy atom. The predicted octanol–water partition coefficient (Wildman–Crippen LogP) is 2.12. The van der Waals surface area contributed by atoms with Gasteiger partial charge >= 0.3 is 12.3 Å². The van der Waals surface area contributed by atoms with E-state index in [9.17, 15) is 34.8 Å². The maximum absolute atomic E-state index is 13.6. The third kappa shape index (κ3) is 6.27. The summed E-state index contributed by atoms with van der Waals surface area (Å²) in [5.41, 5.74) is -2.56. The quantitative estimate of drug-likeness (QED) is 0.515. The number of aromatic nitrogens is 2. The summed E-state index contributed by atoms with van der Waals surface area (Å²) in [7, 11) is -6.32. The Morgan fingerprint density at radius 2 is 1.89 bits per heavy atom. The van der Waals surface area contributed by atoms with Crippen molar-refractivity contribution in [1.29, 1.82) is 0 Å². The molecule has 1 atom stereocenters. The molecule has 0 aliphatic carbocycles. The van der Waals surface area contributed by atoms with Crippen molar-refractivity contribution in [2.45, 2.75) is 43.5 Å². The van der Waals surface area contributed by atoms with Crippen molar-refractivity contribution >= 4 is 37.5 Å². The van der Waals surface area contributed by atoms with Crippen LogP contribution in [0.25, 0.3) is 0 Å². The summed E-state index contributed by atoms with van der Waals surface area (Å²) < 4.78 is 104. The summed E-state index contributed by atoms with van der Waals surface area (Å²) in [5.74, 6) is 0.0335. The molecule has 2 heterocycles. The lowest BCUT2D eigenvalue weighted by molar-refractivity contribution is -0.242. The molecule has 3 rings (SSSR count). The van der Waals surface area contributed by atoms with Crippen molar-refractivity contribution in [1.82, 2.24) is 14.5 Å². The van der Waals surface area contributed by atoms with Crippen molar-refractivity contribution in [2.75, 3.05) is 29.0 Å². The zero-order valence-electron chi connectivity index (χ0n) is 20.5. The third-order valence-electron chi connectivity index (χ3n) is 5.50. The summed E-state index contributed by atoms with van der Waals surface area (Å²) in [4.78, 5) is 12.0. The fourth-order valence-corrected chi connectivity index (χ4v) is 5.43. The van der Waals surface area contributed by atoms with Crippen LogP contribution in [0, 0.1) is 6.92 Å². The summed E-state index contributed by atoms with van der Waals surface area (Å²) in [6, 6.07) is 3.76. The Hall–Kier alpha value is -3.05. The van der Waals surface area contributed by atoms with Gasteiger partial charge in [-0.05, 0) is 39.0 Å². The lowest BCUT2D eigenvalue weighted by Gasteiger charge is -2.35. The van der Waals surface area contributed by atoms with Crippen LogP contribution in [0.5, 0.6) is 5.75 Å². The topological polar surface area (TPSA) is 149 Å². The third-order valence-corrected chi connectivity index (χ3v) is 8.07. The smallest absolute Gasteiger partial charge is 0.427 e. The molecular formula is C20H26F3N5O7S2. The van der Waals surface area contributed by atoms with E-state index < -0.39 is 44.0 Å². The summed E-state index contributed by atoms with van der Waals surface area (Å²) >= 11 is 0. The molecule has 0 saturated heterocycles. The number of carbonyl (C=O) groups excluding carboxylic acids is 1. The molecule has 0 spiro atoms. The van der Waals surface area contributed by atoms with Crippen LogP contribution in [-0.4, -0.2) is 69.9 Å². The number of nitrogens with one attached hydrogen (secondary N) is 2. The van der Waals surface area contributed by atoms with Crippen molar-refractivity contribution in [2.24, 2.45) is 7.05 Å². The molecule has 17 heteroatoms. The number of nitrogens with zero attached hydrogens (tertiary/aromatic N) is 3. The average molecular weight is 570 g/mol. The second-order valence-electron chi connectivity index (χ2n) is 8.82. The molecule has 1 aliphatic heterocycles. The number of alkyl halides is 3. The molecular weight excluding hydrogens is 543 g/mol. The Labute approximate surface area is 211 Å². The van der Waals surface area contributed by atoms with E-state index in [4.69, 9.17) is 4.74 Å². The predicted molar refractivity (Wildman–Crippen MR) is 126 cm³/mol. The van der Waals surface area contributed by atoms with Gasteiger partial charge in [0.05, 0.1) is 30.4 Å². The second kappa shape index (κ2) is 9.68. The van der Waals surface area contributed by atoms with Crippen LogP contribution in [0.15, 0.2) is 29.3 Å². The highest BCUT2D eigenvalue weighted by Crippen LogP contribution is 2.40. The van der Waals surface area contributed by atoms with Gasteiger partial charge in [0.25, 0.3) is 10.0 Å². The van der Waals surface area contributed by atoms with E-state index in [1.165, 1.54) is 22.9 Å². The number of benzene rings is 1. The molecule has 37 heavy (non-hydrogen) atoms. The molecule has 2 N–H and O–H groups in total. The number of hydrogen-bond acceptors (Lipinski definition) is 8. The number of ether oxygens (including phenoxy) is 2. The highest BCUT2D eigenvalue weighted by atomic mass is 32.2. The number of sulfonamides is 2. The number of aryl methyl sites for hydroxylation is 1. The molecule has 1 aromatic carbocycles. The van der Waals surface area contributed by atoms with E-state index in [2.05, 4.69) is 19.9 Å². The molecule has 1 unspecified atom stereocenters. The van der Waals surface area contributed by atoms with Gasteiger partial charge in [-0.1, -0.05) is 0 Å². The average Bonchev–Trinajstić information content (AvgIpc) is 3.09. The molecule has 1 amide bonds. The van der Waals surface area contributed by atoms with Crippen LogP contribution in [-0.2, 0) is 31.8 Å². The fraction of sp³-hybridized carbons (Fsp3) is 0.500. The number of hydrogen-bond donors (Lipinski definition) is 2. The molecule has 2 aromatic rings. The largest absolute Gasteiger partial charge is 0.485 e. The van der Waals surface area contributed by atoms with Gasteiger partial charge in [0.15, 0.2) is 0 Å². The van der Waals surface area contributed by atoms with Crippen molar-refractivity contribution in [3.05, 3.63) is 30.1 Å². The first-order valence-corrected chi connectivity index (χ1v) is 14.0. The Balaban J connectivity index is 1.98. The zero-order chi connectivity index (χ0) is 28.0. The minimum Gasteiger partial charge on any atom is -0.485 e. The standard InChI is InChI=1S/C20H26F3N5O7S2/c1-12-17(10-24-27(12)4)37(32,33)28-11-14(9-25-36(5,30)31)34-16-7-6-13(8-15(16)28)26-18(29)35-19(2,3)20(21,22)23/h6-8,10,14,25H,9,11H2,1-5H3,(H,26,29). The number of halogens is 3. The lowest BCUT2D eigenvalue weighted by atomic mass is 10.1. The van der Waals surface area contributed by atoms with E-state index in [1.54, 1.807) is 14.0 Å². The van der Waals surface area contributed by atoms with Crippen LogP contribution in [0.3, 0.4) is 0 Å². The van der Waals surface area contributed by atoms with Gasteiger partial charge in [0, 0.05) is 19.3 Å². The number of rotatable bonds is 7. The monoisotopic (exact) mass is 569 g/mol. The van der Waals surface area contributed by atoms with Gasteiger partial charge in [0.1, 0.15) is 16.7 Å². The second-order valence-corrected chi connectivity index (χ2v) is 12.5. The van der Waals surface area contributed by atoms with Gasteiger partial charge in [-0.15, -0.1) is 0 Å². The molecule has 206 valence electrons. The minimum absolute atomic E-state index is 0.0335. The Morgan fingerprint density at radius 3 is 2.43 bits per heavy atom. The van der Waals surface area contributed by atoms with E-state index in [-0.39, 0.29) is 35.1 Å². The first kappa shape index (κ1) is 28.5. The maximum Gasteiger partial charge on any atom is 0.427 e. The van der Waals surface area contributed by atoms with Crippen LogP contribution < -0.4 is 19.1 Å². The first-order chi connectivity index (χ1) is 16.8. The van der Waals surface area contributed by atoms with Crippen molar-refractivity contribution in [3.63, 3.8) is 0 Å². The van der Waals surface area contributed by atoms with E-state index in [0.29, 0.717) is 19.5 Å². The number of carbonyl (C=O) groups is 1. The highest BCUT2D eigenvalue weighted by molar-refractivity contribution is 7.93. The normalized spacial score (nSPS) is 16.6. The van der Waals surface area contributed by atoms with Crippen LogP contribution in [0.1, 0.15) is 19.5 Å². The van der Waals surface area contributed by atoms with E-state index in [0.717, 1.165) is 16.8 Å². The Kier molecular flexibility index (Phi) is 7.46. The number of fused-ring (bicyclic) bond motifs is 1. The first-order valence-electron chi connectivity index (χ1n) is 10.7. The molecule has 1 aliphatic rings. The molecule has 1 aromatic heterocycles. The number of amides is 1. The minimum atomic E-state index is -4.82. The maximum atomic E-state index is 13.6. The van der Waals surface area contributed by atoms with Crippen LogP contribution >= 0.6 is 0 Å². The fourth-order valence-electron chi connectivity index (χ4n) is 3.25. The van der Waals surface area contributed by atoms with Gasteiger partial charge in [-0.2, -0.15) is 18.3 Å². The summed E-state index contributed by atoms with van der Waals surface area (Å²) in [5, 5.41) is 6.11.